The highest BCUT2D eigenvalue weighted by atomic mass is 79.9. The Morgan fingerprint density at radius 2 is 2.25 bits per heavy atom. The topological polar surface area (TPSA) is 33.1 Å². The molecule has 5 heteroatoms. The standard InChI is InChI=1S/C7H6BrF2NO/c8-2-4-1-5(12)3-11-6(4)7(9)10/h1,3,7,12H,2H2. The quantitative estimate of drug-likeness (QED) is 0.803. The molecule has 0 aliphatic heterocycles. The SMILES string of the molecule is Oc1cnc(C(F)F)c(CBr)c1. The molecule has 0 aromatic carbocycles. The molecule has 0 fully saturated rings. The highest BCUT2D eigenvalue weighted by Gasteiger charge is 2.13. The van der Waals surface area contributed by atoms with Gasteiger partial charge in [0.1, 0.15) is 11.4 Å². The number of hydrogen-bond acceptors (Lipinski definition) is 2. The molecule has 0 saturated carbocycles. The average molecular weight is 238 g/mol. The summed E-state index contributed by atoms with van der Waals surface area (Å²) >= 11 is 3.03. The summed E-state index contributed by atoms with van der Waals surface area (Å²) in [6.45, 7) is 0. The normalized spacial score (nSPS) is 10.7. The minimum Gasteiger partial charge on any atom is -0.506 e. The summed E-state index contributed by atoms with van der Waals surface area (Å²) < 4.78 is 24.4. The van der Waals surface area contributed by atoms with E-state index < -0.39 is 6.43 Å². The van der Waals surface area contributed by atoms with E-state index in [1.54, 1.807) is 0 Å². The van der Waals surface area contributed by atoms with E-state index in [1.165, 1.54) is 6.07 Å². The van der Waals surface area contributed by atoms with Gasteiger partial charge in [-0.15, -0.1) is 0 Å². The number of hydrogen-bond donors (Lipinski definition) is 1. The Morgan fingerprint density at radius 1 is 1.58 bits per heavy atom. The molecule has 66 valence electrons. The van der Waals surface area contributed by atoms with Crippen LogP contribution in [-0.4, -0.2) is 10.1 Å². The van der Waals surface area contributed by atoms with Gasteiger partial charge in [-0.05, 0) is 11.6 Å². The molecule has 1 heterocycles. The van der Waals surface area contributed by atoms with Gasteiger partial charge >= 0.3 is 0 Å². The van der Waals surface area contributed by atoms with Crippen LogP contribution in [0.1, 0.15) is 17.7 Å². The van der Waals surface area contributed by atoms with Crippen LogP contribution in [-0.2, 0) is 5.33 Å². The molecule has 0 radical (unpaired) electrons. The molecule has 2 nitrogen and oxygen atoms in total. The van der Waals surface area contributed by atoms with Gasteiger partial charge in [0.25, 0.3) is 6.43 Å². The van der Waals surface area contributed by atoms with Gasteiger partial charge in [0, 0.05) is 5.33 Å². The fourth-order valence-corrected chi connectivity index (χ4v) is 1.26. The Labute approximate surface area is 76.4 Å². The minimum atomic E-state index is -2.60. The van der Waals surface area contributed by atoms with Gasteiger partial charge in [0.15, 0.2) is 0 Å². The number of nitrogens with zero attached hydrogens (tertiary/aromatic N) is 1. The fraction of sp³-hybridized carbons (Fsp3) is 0.286. The lowest BCUT2D eigenvalue weighted by atomic mass is 10.2. The van der Waals surface area contributed by atoms with Gasteiger partial charge in [-0.1, -0.05) is 15.9 Å². The maximum absolute atomic E-state index is 12.2. The second-order valence-electron chi connectivity index (χ2n) is 2.17. The molecule has 1 aromatic heterocycles. The van der Waals surface area contributed by atoms with Crippen LogP contribution in [0.15, 0.2) is 12.3 Å². The first-order chi connectivity index (χ1) is 5.65. The van der Waals surface area contributed by atoms with Crippen LogP contribution < -0.4 is 0 Å². The molecule has 0 spiro atoms. The van der Waals surface area contributed by atoms with Crippen molar-refractivity contribution in [2.45, 2.75) is 11.8 Å². The predicted molar refractivity (Wildman–Crippen MR) is 43.5 cm³/mol. The van der Waals surface area contributed by atoms with E-state index in [9.17, 15) is 8.78 Å². The van der Waals surface area contributed by atoms with Gasteiger partial charge < -0.3 is 5.11 Å². The number of aromatic hydroxyl groups is 1. The summed E-state index contributed by atoms with van der Waals surface area (Å²) in [5.74, 6) is -0.103. The zero-order valence-corrected chi connectivity index (χ0v) is 7.55. The van der Waals surface area contributed by atoms with Crippen LogP contribution in [0.2, 0.25) is 0 Å². The molecule has 0 aliphatic rings. The number of pyridine rings is 1. The van der Waals surface area contributed by atoms with E-state index in [1.807, 2.05) is 0 Å². The van der Waals surface area contributed by atoms with Crippen molar-refractivity contribution in [1.82, 2.24) is 4.98 Å². The number of halogens is 3. The van der Waals surface area contributed by atoms with Crippen LogP contribution in [0.5, 0.6) is 5.75 Å². The molecule has 1 N–H and O–H groups in total. The first-order valence-corrected chi connectivity index (χ1v) is 4.29. The Kier molecular flexibility index (Phi) is 2.97. The molecule has 1 rings (SSSR count). The van der Waals surface area contributed by atoms with Crippen molar-refractivity contribution in [1.29, 1.82) is 0 Å². The van der Waals surface area contributed by atoms with Gasteiger partial charge in [-0.25, -0.2) is 8.78 Å². The van der Waals surface area contributed by atoms with Gasteiger partial charge in [-0.2, -0.15) is 0 Å². The summed E-state index contributed by atoms with van der Waals surface area (Å²) in [4.78, 5) is 3.42. The summed E-state index contributed by atoms with van der Waals surface area (Å²) in [5, 5.41) is 9.18. The monoisotopic (exact) mass is 237 g/mol. The van der Waals surface area contributed by atoms with Crippen molar-refractivity contribution < 1.29 is 13.9 Å². The number of rotatable bonds is 2. The third kappa shape index (κ3) is 1.91. The van der Waals surface area contributed by atoms with Crippen LogP contribution in [0.3, 0.4) is 0 Å². The van der Waals surface area contributed by atoms with Crippen LogP contribution in [0, 0.1) is 0 Å². The Balaban J connectivity index is 3.11. The molecule has 0 bridgehead atoms. The molecule has 1 aromatic rings. The van der Waals surface area contributed by atoms with Gasteiger partial charge in [0.05, 0.1) is 6.20 Å². The molecule has 0 saturated heterocycles. The third-order valence-corrected chi connectivity index (χ3v) is 1.94. The molecular weight excluding hydrogens is 232 g/mol. The molecule has 0 atom stereocenters. The molecule has 0 aliphatic carbocycles. The van der Waals surface area contributed by atoms with Crippen LogP contribution >= 0.6 is 15.9 Å². The first kappa shape index (κ1) is 9.38. The van der Waals surface area contributed by atoms with Crippen molar-refractivity contribution in [2.24, 2.45) is 0 Å². The number of alkyl halides is 3. The van der Waals surface area contributed by atoms with E-state index in [2.05, 4.69) is 20.9 Å². The van der Waals surface area contributed by atoms with Crippen molar-refractivity contribution in [3.05, 3.63) is 23.5 Å². The van der Waals surface area contributed by atoms with E-state index >= 15 is 0 Å². The Morgan fingerprint density at radius 3 is 2.75 bits per heavy atom. The maximum Gasteiger partial charge on any atom is 0.280 e. The zero-order valence-electron chi connectivity index (χ0n) is 5.97. The highest BCUT2D eigenvalue weighted by Crippen LogP contribution is 2.24. The van der Waals surface area contributed by atoms with Crippen molar-refractivity contribution in [3.63, 3.8) is 0 Å². The summed E-state index contributed by atoms with van der Waals surface area (Å²) in [6.07, 6.45) is -1.59. The van der Waals surface area contributed by atoms with Crippen molar-refractivity contribution in [2.75, 3.05) is 0 Å². The summed E-state index contributed by atoms with van der Waals surface area (Å²) in [6, 6.07) is 1.27. The minimum absolute atomic E-state index is 0.103. The van der Waals surface area contributed by atoms with Gasteiger partial charge in [0.2, 0.25) is 0 Å². The van der Waals surface area contributed by atoms with E-state index in [4.69, 9.17) is 5.11 Å². The first-order valence-electron chi connectivity index (χ1n) is 3.17. The van der Waals surface area contributed by atoms with Gasteiger partial charge in [-0.3, -0.25) is 4.98 Å². The van der Waals surface area contributed by atoms with Crippen molar-refractivity contribution >= 4 is 15.9 Å². The molecule has 0 unspecified atom stereocenters. The second-order valence-corrected chi connectivity index (χ2v) is 2.73. The van der Waals surface area contributed by atoms with E-state index in [0.29, 0.717) is 5.56 Å². The van der Waals surface area contributed by atoms with Crippen molar-refractivity contribution in [3.8, 4) is 5.75 Å². The number of aromatic nitrogens is 1. The average Bonchev–Trinajstić information content (AvgIpc) is 2.03. The maximum atomic E-state index is 12.2. The van der Waals surface area contributed by atoms with E-state index in [-0.39, 0.29) is 16.8 Å². The lowest BCUT2D eigenvalue weighted by molar-refractivity contribution is 0.145. The van der Waals surface area contributed by atoms with Crippen LogP contribution in [0.4, 0.5) is 8.78 Å². The smallest absolute Gasteiger partial charge is 0.280 e. The Hall–Kier alpha value is -0.710. The zero-order chi connectivity index (χ0) is 9.14. The van der Waals surface area contributed by atoms with Crippen LogP contribution in [0.25, 0.3) is 0 Å². The fourth-order valence-electron chi connectivity index (χ4n) is 0.812. The third-order valence-electron chi connectivity index (χ3n) is 1.34. The highest BCUT2D eigenvalue weighted by molar-refractivity contribution is 9.08. The molecule has 12 heavy (non-hydrogen) atoms. The summed E-state index contributed by atoms with van der Waals surface area (Å²) in [7, 11) is 0. The summed E-state index contributed by atoms with van der Waals surface area (Å²) in [5.41, 5.74) is 0.0228. The second kappa shape index (κ2) is 3.80. The lowest BCUT2D eigenvalue weighted by Crippen LogP contribution is -1.95. The Bertz CT molecular complexity index is 280. The molecular formula is C7H6BrF2NO. The molecule has 0 amide bonds. The largest absolute Gasteiger partial charge is 0.506 e. The predicted octanol–water partition coefficient (Wildman–Crippen LogP) is 2.62. The lowest BCUT2D eigenvalue weighted by Gasteiger charge is -2.04. The van der Waals surface area contributed by atoms with E-state index in [0.717, 1.165) is 6.20 Å².